The Hall–Kier alpha value is -0.340. The molecule has 4 aliphatic rings. The lowest BCUT2D eigenvalue weighted by atomic mass is 9.46. The van der Waals surface area contributed by atoms with Crippen LogP contribution in [0, 0.1) is 34.5 Å². The monoisotopic (exact) mass is 374 g/mol. The predicted octanol–water partition coefficient (Wildman–Crippen LogP) is 5.87. The second-order valence-electron chi connectivity index (χ2n) is 12.1. The Labute approximate surface area is 166 Å². The summed E-state index contributed by atoms with van der Waals surface area (Å²) in [6.07, 6.45) is 14.4. The van der Waals surface area contributed by atoms with E-state index in [1.807, 2.05) is 20.8 Å². The van der Waals surface area contributed by atoms with Gasteiger partial charge in [-0.2, -0.15) is 0 Å². The smallest absolute Gasteiger partial charge is 0.0657 e. The van der Waals surface area contributed by atoms with Crippen LogP contribution in [0.25, 0.3) is 0 Å². The maximum atomic E-state index is 10.6. The molecular weight excluding hydrogens is 332 g/mol. The predicted molar refractivity (Wildman–Crippen MR) is 111 cm³/mol. The average Bonchev–Trinajstić information content (AvgIpc) is 2.89. The Morgan fingerprint density at radius 1 is 1.04 bits per heavy atom. The molecule has 0 radical (unpaired) electrons. The van der Waals surface area contributed by atoms with Crippen LogP contribution in [0.5, 0.6) is 0 Å². The Morgan fingerprint density at radius 2 is 1.78 bits per heavy atom. The first kappa shape index (κ1) is 20.0. The summed E-state index contributed by atoms with van der Waals surface area (Å²) in [5.41, 5.74) is 1.36. The van der Waals surface area contributed by atoms with Gasteiger partial charge in [-0.1, -0.05) is 25.5 Å². The standard InChI is InChI=1S/C25H42O2/c1-22(2,26)12-10-17-7-9-20-19-8-6-18-16-23(3,27)14-15-25(18,5)21(19)11-13-24(17,20)4/h6,17,19-21,26-27H,7-16H2,1-5H3/t17-,19+,20+,21+,23+,24-,25+/m1/s1. The zero-order valence-electron chi connectivity index (χ0n) is 18.4. The van der Waals surface area contributed by atoms with Gasteiger partial charge in [0.15, 0.2) is 0 Å². The van der Waals surface area contributed by atoms with Gasteiger partial charge in [-0.3, -0.25) is 0 Å². The molecule has 0 saturated heterocycles. The molecular formula is C25H42O2. The number of allylic oxidation sites excluding steroid dienone is 1. The van der Waals surface area contributed by atoms with Crippen molar-refractivity contribution in [1.29, 1.82) is 0 Å². The first-order valence-corrected chi connectivity index (χ1v) is 11.6. The van der Waals surface area contributed by atoms with Gasteiger partial charge in [0.05, 0.1) is 11.2 Å². The summed E-state index contributed by atoms with van der Waals surface area (Å²) in [6, 6.07) is 0. The molecule has 3 saturated carbocycles. The Balaban J connectivity index is 1.55. The van der Waals surface area contributed by atoms with Gasteiger partial charge in [0.2, 0.25) is 0 Å². The third-order valence-corrected chi connectivity index (χ3v) is 9.68. The number of fused-ring (bicyclic) bond motifs is 5. The summed E-state index contributed by atoms with van der Waals surface area (Å²) in [6.45, 7) is 11.1. The van der Waals surface area contributed by atoms with Gasteiger partial charge in [0.1, 0.15) is 0 Å². The normalized spacial score (nSPS) is 49.8. The first-order valence-electron chi connectivity index (χ1n) is 11.6. The molecule has 2 heteroatoms. The summed E-state index contributed by atoms with van der Waals surface area (Å²) in [5.74, 6) is 3.31. The lowest BCUT2D eigenvalue weighted by Crippen LogP contribution is -2.51. The zero-order chi connectivity index (χ0) is 19.7. The summed E-state index contributed by atoms with van der Waals surface area (Å²) >= 11 is 0. The Morgan fingerprint density at radius 3 is 2.48 bits per heavy atom. The van der Waals surface area contributed by atoms with Crippen molar-refractivity contribution in [3.05, 3.63) is 11.6 Å². The largest absolute Gasteiger partial charge is 0.390 e. The summed E-state index contributed by atoms with van der Waals surface area (Å²) in [5, 5.41) is 20.8. The molecule has 0 spiro atoms. The van der Waals surface area contributed by atoms with Crippen molar-refractivity contribution >= 4 is 0 Å². The van der Waals surface area contributed by atoms with Crippen molar-refractivity contribution in [1.82, 2.24) is 0 Å². The molecule has 2 N–H and O–H groups in total. The van der Waals surface area contributed by atoms with Crippen molar-refractivity contribution < 1.29 is 10.2 Å². The summed E-state index contributed by atoms with van der Waals surface area (Å²) < 4.78 is 0. The molecule has 0 aliphatic heterocycles. The van der Waals surface area contributed by atoms with Crippen LogP contribution in [-0.2, 0) is 0 Å². The third kappa shape index (κ3) is 3.33. The van der Waals surface area contributed by atoms with Crippen LogP contribution in [0.1, 0.15) is 98.8 Å². The molecule has 0 amide bonds. The Kier molecular flexibility index (Phi) is 4.68. The van der Waals surface area contributed by atoms with E-state index in [1.165, 1.54) is 44.9 Å². The highest BCUT2D eigenvalue weighted by Gasteiger charge is 2.58. The summed E-state index contributed by atoms with van der Waals surface area (Å²) in [4.78, 5) is 0. The molecule has 7 atom stereocenters. The van der Waals surface area contributed by atoms with E-state index in [4.69, 9.17) is 0 Å². The SMILES string of the molecule is CC(C)(O)CC[C@H]1CC[C@H]2[C@@H]3CC=C4C[C@@](C)(O)CC[C@]4(C)[C@H]3CC[C@]12C. The van der Waals surface area contributed by atoms with Crippen molar-refractivity contribution in [2.45, 2.75) is 110 Å². The molecule has 2 nitrogen and oxygen atoms in total. The van der Waals surface area contributed by atoms with Gasteiger partial charge in [0.25, 0.3) is 0 Å². The van der Waals surface area contributed by atoms with Crippen LogP contribution < -0.4 is 0 Å². The molecule has 27 heavy (non-hydrogen) atoms. The third-order valence-electron chi connectivity index (χ3n) is 9.68. The molecule has 154 valence electrons. The quantitative estimate of drug-likeness (QED) is 0.607. The minimum Gasteiger partial charge on any atom is -0.390 e. The summed E-state index contributed by atoms with van der Waals surface area (Å²) in [7, 11) is 0. The average molecular weight is 375 g/mol. The first-order chi connectivity index (χ1) is 12.4. The van der Waals surface area contributed by atoms with E-state index in [0.717, 1.165) is 42.9 Å². The molecule has 0 aromatic heterocycles. The fourth-order valence-corrected chi connectivity index (χ4v) is 7.92. The van der Waals surface area contributed by atoms with E-state index in [9.17, 15) is 10.2 Å². The van der Waals surface area contributed by atoms with Crippen LogP contribution in [0.2, 0.25) is 0 Å². The topological polar surface area (TPSA) is 40.5 Å². The van der Waals surface area contributed by atoms with Crippen LogP contribution in [0.3, 0.4) is 0 Å². The molecule has 4 aliphatic carbocycles. The number of rotatable bonds is 3. The zero-order valence-corrected chi connectivity index (χ0v) is 18.4. The lowest BCUT2D eigenvalue weighted by Gasteiger charge is -2.59. The highest BCUT2D eigenvalue weighted by atomic mass is 16.3. The lowest BCUT2D eigenvalue weighted by molar-refractivity contribution is -0.0677. The number of hydrogen-bond acceptors (Lipinski definition) is 2. The maximum absolute atomic E-state index is 10.6. The van der Waals surface area contributed by atoms with Crippen LogP contribution in [0.4, 0.5) is 0 Å². The van der Waals surface area contributed by atoms with E-state index in [-0.39, 0.29) is 0 Å². The van der Waals surface area contributed by atoms with Gasteiger partial charge in [-0.05, 0) is 119 Å². The van der Waals surface area contributed by atoms with E-state index in [2.05, 4.69) is 19.9 Å². The number of aliphatic hydroxyl groups is 2. The molecule has 3 fully saturated rings. The fourth-order valence-electron chi connectivity index (χ4n) is 7.92. The molecule has 0 heterocycles. The molecule has 0 unspecified atom stereocenters. The highest BCUT2D eigenvalue weighted by molar-refractivity contribution is 5.26. The van der Waals surface area contributed by atoms with E-state index < -0.39 is 11.2 Å². The minimum absolute atomic E-state index is 0.331. The molecule has 4 rings (SSSR count). The van der Waals surface area contributed by atoms with Crippen molar-refractivity contribution in [2.75, 3.05) is 0 Å². The van der Waals surface area contributed by atoms with Crippen molar-refractivity contribution in [3.63, 3.8) is 0 Å². The molecule has 0 aromatic carbocycles. The molecule has 0 aromatic rings. The maximum Gasteiger partial charge on any atom is 0.0657 e. The van der Waals surface area contributed by atoms with E-state index >= 15 is 0 Å². The fraction of sp³-hybridized carbons (Fsp3) is 0.920. The van der Waals surface area contributed by atoms with Gasteiger partial charge in [-0.25, -0.2) is 0 Å². The van der Waals surface area contributed by atoms with Crippen molar-refractivity contribution in [2.24, 2.45) is 34.5 Å². The highest BCUT2D eigenvalue weighted by Crippen LogP contribution is 2.67. The Bertz CT molecular complexity index is 612. The van der Waals surface area contributed by atoms with E-state index in [0.29, 0.717) is 10.8 Å². The van der Waals surface area contributed by atoms with Crippen molar-refractivity contribution in [3.8, 4) is 0 Å². The van der Waals surface area contributed by atoms with Gasteiger partial charge < -0.3 is 10.2 Å². The van der Waals surface area contributed by atoms with Gasteiger partial charge in [-0.15, -0.1) is 0 Å². The van der Waals surface area contributed by atoms with Gasteiger partial charge >= 0.3 is 0 Å². The van der Waals surface area contributed by atoms with Gasteiger partial charge in [0, 0.05) is 0 Å². The minimum atomic E-state index is -0.527. The second kappa shape index (κ2) is 6.33. The number of hydrogen-bond donors (Lipinski definition) is 2. The van der Waals surface area contributed by atoms with Crippen LogP contribution in [-0.4, -0.2) is 21.4 Å². The van der Waals surface area contributed by atoms with Crippen LogP contribution >= 0.6 is 0 Å². The van der Waals surface area contributed by atoms with Crippen LogP contribution in [0.15, 0.2) is 11.6 Å². The van der Waals surface area contributed by atoms with E-state index in [1.54, 1.807) is 5.57 Å². The molecule has 0 bridgehead atoms. The second-order valence-corrected chi connectivity index (χ2v) is 12.1.